The molecule has 18 heavy (non-hydrogen) atoms. The van der Waals surface area contributed by atoms with Crippen LogP contribution in [-0.4, -0.2) is 38.2 Å². The molecular formula is C11H16N6S. The van der Waals surface area contributed by atoms with Crippen LogP contribution in [0.5, 0.6) is 0 Å². The van der Waals surface area contributed by atoms with E-state index >= 15 is 0 Å². The maximum absolute atomic E-state index is 4.61. The van der Waals surface area contributed by atoms with Crippen LogP contribution >= 0.6 is 11.3 Å². The molecule has 0 radical (unpaired) electrons. The lowest BCUT2D eigenvalue weighted by molar-refractivity contribution is 0.207. The van der Waals surface area contributed by atoms with Crippen molar-refractivity contribution in [2.24, 2.45) is 0 Å². The summed E-state index contributed by atoms with van der Waals surface area (Å²) in [6, 6.07) is 0. The second-order valence-electron chi connectivity index (χ2n) is 4.41. The number of nitrogens with one attached hydrogen (secondary N) is 1. The zero-order valence-electron chi connectivity index (χ0n) is 10.3. The number of aromatic nitrogens is 4. The molecule has 3 heterocycles. The van der Waals surface area contributed by atoms with Gasteiger partial charge in [0.25, 0.3) is 0 Å². The third-order valence-corrected chi connectivity index (χ3v) is 3.93. The van der Waals surface area contributed by atoms with Gasteiger partial charge in [-0.3, -0.25) is 4.90 Å². The standard InChI is InChI=1S/C11H16N6S/c1-12-4-11-14-9(7-18-11)5-16-2-3-17-8-13-15-10(17)6-16/h7-8,12H,2-6H2,1H3. The lowest BCUT2D eigenvalue weighted by Crippen LogP contribution is -2.33. The molecule has 0 aromatic carbocycles. The van der Waals surface area contributed by atoms with E-state index in [-0.39, 0.29) is 0 Å². The van der Waals surface area contributed by atoms with Gasteiger partial charge in [-0.1, -0.05) is 0 Å². The van der Waals surface area contributed by atoms with Gasteiger partial charge in [0.2, 0.25) is 0 Å². The van der Waals surface area contributed by atoms with Crippen LogP contribution in [0.2, 0.25) is 0 Å². The minimum absolute atomic E-state index is 0.846. The van der Waals surface area contributed by atoms with Gasteiger partial charge in [-0.15, -0.1) is 21.5 Å². The van der Waals surface area contributed by atoms with Crippen molar-refractivity contribution in [3.63, 3.8) is 0 Å². The van der Waals surface area contributed by atoms with Crippen LogP contribution in [-0.2, 0) is 26.2 Å². The molecule has 2 aromatic rings. The molecule has 0 aliphatic carbocycles. The second kappa shape index (κ2) is 5.13. The number of hydrogen-bond donors (Lipinski definition) is 1. The van der Waals surface area contributed by atoms with E-state index in [1.54, 1.807) is 17.7 Å². The lowest BCUT2D eigenvalue weighted by atomic mass is 10.3. The predicted octanol–water partition coefficient (Wildman–Crippen LogP) is 0.470. The van der Waals surface area contributed by atoms with Crippen molar-refractivity contribution in [2.45, 2.75) is 26.2 Å². The van der Waals surface area contributed by atoms with Crippen molar-refractivity contribution < 1.29 is 0 Å². The molecule has 0 bridgehead atoms. The Kier molecular flexibility index (Phi) is 3.35. The van der Waals surface area contributed by atoms with Crippen LogP contribution < -0.4 is 5.32 Å². The van der Waals surface area contributed by atoms with E-state index in [0.717, 1.165) is 49.2 Å². The Morgan fingerprint density at radius 1 is 1.44 bits per heavy atom. The van der Waals surface area contributed by atoms with Gasteiger partial charge in [0.1, 0.15) is 17.2 Å². The first-order chi connectivity index (χ1) is 8.85. The minimum atomic E-state index is 0.846. The molecule has 1 N–H and O–H groups in total. The SMILES string of the molecule is CNCc1nc(CN2CCn3cnnc3C2)cs1. The monoisotopic (exact) mass is 264 g/mol. The molecule has 1 aliphatic rings. The highest BCUT2D eigenvalue weighted by Crippen LogP contribution is 2.15. The van der Waals surface area contributed by atoms with E-state index in [1.807, 2.05) is 7.05 Å². The molecule has 7 heteroatoms. The summed E-state index contributed by atoms with van der Waals surface area (Å²) in [4.78, 5) is 6.97. The summed E-state index contributed by atoms with van der Waals surface area (Å²) in [7, 11) is 1.94. The van der Waals surface area contributed by atoms with Crippen LogP contribution in [0.3, 0.4) is 0 Å². The summed E-state index contributed by atoms with van der Waals surface area (Å²) in [5.41, 5.74) is 1.15. The zero-order valence-corrected chi connectivity index (χ0v) is 11.2. The molecule has 2 aromatic heterocycles. The van der Waals surface area contributed by atoms with E-state index in [1.165, 1.54) is 0 Å². The Labute approximate surface area is 110 Å². The van der Waals surface area contributed by atoms with E-state index in [0.29, 0.717) is 0 Å². The van der Waals surface area contributed by atoms with E-state index < -0.39 is 0 Å². The highest BCUT2D eigenvalue weighted by molar-refractivity contribution is 7.09. The highest BCUT2D eigenvalue weighted by Gasteiger charge is 2.18. The van der Waals surface area contributed by atoms with Gasteiger partial charge < -0.3 is 9.88 Å². The summed E-state index contributed by atoms with van der Waals surface area (Å²) in [5, 5.41) is 14.5. The van der Waals surface area contributed by atoms with E-state index in [2.05, 4.69) is 35.3 Å². The van der Waals surface area contributed by atoms with Crippen LogP contribution in [0.4, 0.5) is 0 Å². The fourth-order valence-corrected chi connectivity index (χ4v) is 2.93. The first kappa shape index (κ1) is 11.8. The van der Waals surface area contributed by atoms with Crippen molar-refractivity contribution >= 4 is 11.3 Å². The molecule has 3 rings (SSSR count). The summed E-state index contributed by atoms with van der Waals surface area (Å²) in [6.07, 6.45) is 1.81. The van der Waals surface area contributed by atoms with Gasteiger partial charge >= 0.3 is 0 Å². The molecule has 0 spiro atoms. The average Bonchev–Trinajstić information content (AvgIpc) is 2.98. The number of fused-ring (bicyclic) bond motifs is 1. The quantitative estimate of drug-likeness (QED) is 0.870. The first-order valence-electron chi connectivity index (χ1n) is 6.02. The molecule has 0 unspecified atom stereocenters. The summed E-state index contributed by atoms with van der Waals surface area (Å²) >= 11 is 1.72. The molecule has 96 valence electrons. The second-order valence-corrected chi connectivity index (χ2v) is 5.36. The molecule has 6 nitrogen and oxygen atoms in total. The van der Waals surface area contributed by atoms with Crippen LogP contribution in [0.1, 0.15) is 16.5 Å². The molecule has 0 atom stereocenters. The Bertz CT molecular complexity index is 519. The van der Waals surface area contributed by atoms with Gasteiger partial charge in [0.15, 0.2) is 0 Å². The number of thiazole rings is 1. The third kappa shape index (κ3) is 2.43. The van der Waals surface area contributed by atoms with Crippen molar-refractivity contribution in [3.8, 4) is 0 Å². The number of nitrogens with zero attached hydrogens (tertiary/aromatic N) is 5. The van der Waals surface area contributed by atoms with Gasteiger partial charge in [-0.05, 0) is 7.05 Å². The largest absolute Gasteiger partial charge is 0.315 e. The lowest BCUT2D eigenvalue weighted by Gasteiger charge is -2.25. The maximum atomic E-state index is 4.61. The zero-order chi connectivity index (χ0) is 12.4. The minimum Gasteiger partial charge on any atom is -0.315 e. The van der Waals surface area contributed by atoms with Crippen molar-refractivity contribution in [2.75, 3.05) is 13.6 Å². The van der Waals surface area contributed by atoms with Gasteiger partial charge in [-0.25, -0.2) is 4.98 Å². The molecule has 0 saturated heterocycles. The topological polar surface area (TPSA) is 58.9 Å². The fourth-order valence-electron chi connectivity index (χ4n) is 2.13. The molecule has 1 aliphatic heterocycles. The molecule has 0 saturated carbocycles. The van der Waals surface area contributed by atoms with Crippen LogP contribution in [0.15, 0.2) is 11.7 Å². The Hall–Kier alpha value is -1.31. The molecule has 0 amide bonds. The Morgan fingerprint density at radius 2 is 2.39 bits per heavy atom. The van der Waals surface area contributed by atoms with Gasteiger partial charge in [0, 0.05) is 31.6 Å². The Balaban J connectivity index is 1.63. The first-order valence-corrected chi connectivity index (χ1v) is 6.90. The van der Waals surface area contributed by atoms with Crippen LogP contribution in [0.25, 0.3) is 0 Å². The van der Waals surface area contributed by atoms with E-state index in [9.17, 15) is 0 Å². The maximum Gasteiger partial charge on any atom is 0.147 e. The van der Waals surface area contributed by atoms with Crippen LogP contribution in [0, 0.1) is 0 Å². The van der Waals surface area contributed by atoms with Crippen molar-refractivity contribution in [3.05, 3.63) is 28.2 Å². The Morgan fingerprint density at radius 3 is 3.28 bits per heavy atom. The number of rotatable bonds is 4. The predicted molar refractivity (Wildman–Crippen MR) is 69.0 cm³/mol. The summed E-state index contributed by atoms with van der Waals surface area (Å²) in [5.74, 6) is 1.05. The molecule has 0 fully saturated rings. The van der Waals surface area contributed by atoms with Gasteiger partial charge in [-0.2, -0.15) is 0 Å². The third-order valence-electron chi connectivity index (χ3n) is 3.03. The van der Waals surface area contributed by atoms with Gasteiger partial charge in [0.05, 0.1) is 12.2 Å². The normalized spacial score (nSPS) is 15.8. The van der Waals surface area contributed by atoms with Crippen molar-refractivity contribution in [1.29, 1.82) is 0 Å². The highest BCUT2D eigenvalue weighted by atomic mass is 32.1. The van der Waals surface area contributed by atoms with E-state index in [4.69, 9.17) is 0 Å². The average molecular weight is 264 g/mol. The summed E-state index contributed by atoms with van der Waals surface area (Å²) in [6.45, 7) is 4.60. The van der Waals surface area contributed by atoms with Crippen molar-refractivity contribution in [1.82, 2.24) is 30.0 Å². The number of hydrogen-bond acceptors (Lipinski definition) is 6. The smallest absolute Gasteiger partial charge is 0.147 e. The fraction of sp³-hybridized carbons (Fsp3) is 0.545. The summed E-state index contributed by atoms with van der Waals surface area (Å²) < 4.78 is 2.12. The molecular weight excluding hydrogens is 248 g/mol.